The van der Waals surface area contributed by atoms with E-state index in [1.165, 1.54) is 18.2 Å². The van der Waals surface area contributed by atoms with Crippen LogP contribution in [0.15, 0.2) is 18.2 Å². The van der Waals surface area contributed by atoms with Crippen molar-refractivity contribution in [1.82, 2.24) is 5.32 Å². The number of hydrogen-bond acceptors (Lipinski definition) is 1. The highest BCUT2D eigenvalue weighted by molar-refractivity contribution is 6.20. The third-order valence-corrected chi connectivity index (χ3v) is 2.81. The maximum atomic E-state index is 13.0. The number of amides is 1. The summed E-state index contributed by atoms with van der Waals surface area (Å²) in [5.74, 6) is -0.525. The summed E-state index contributed by atoms with van der Waals surface area (Å²) in [4.78, 5) is 11.6. The molecule has 0 spiro atoms. The Morgan fingerprint density at radius 1 is 1.56 bits per heavy atom. The molecule has 1 aromatic rings. The first-order valence-electron chi connectivity index (χ1n) is 5.23. The molecule has 1 rings (SSSR count). The van der Waals surface area contributed by atoms with Crippen LogP contribution < -0.4 is 5.32 Å². The second kappa shape index (κ2) is 5.85. The predicted octanol–water partition coefficient (Wildman–Crippen LogP) is 2.88. The predicted molar refractivity (Wildman–Crippen MR) is 63.4 cm³/mol. The van der Waals surface area contributed by atoms with Gasteiger partial charge in [-0.05, 0) is 37.1 Å². The van der Waals surface area contributed by atoms with E-state index in [1.807, 2.05) is 6.92 Å². The molecule has 0 saturated heterocycles. The summed E-state index contributed by atoms with van der Waals surface area (Å²) in [7, 11) is 0. The van der Waals surface area contributed by atoms with E-state index in [4.69, 9.17) is 11.6 Å². The van der Waals surface area contributed by atoms with Crippen molar-refractivity contribution in [3.8, 4) is 0 Å². The first-order chi connectivity index (χ1) is 7.54. The number of aryl methyl sites for hydroxylation is 1. The van der Waals surface area contributed by atoms with Gasteiger partial charge in [-0.15, -0.1) is 11.6 Å². The smallest absolute Gasteiger partial charge is 0.251 e. The average molecular weight is 244 g/mol. The Morgan fingerprint density at radius 3 is 2.81 bits per heavy atom. The van der Waals surface area contributed by atoms with Crippen molar-refractivity contribution in [3.63, 3.8) is 0 Å². The van der Waals surface area contributed by atoms with Crippen LogP contribution in [0.5, 0.6) is 0 Å². The van der Waals surface area contributed by atoms with Crippen LogP contribution in [0, 0.1) is 12.7 Å². The summed E-state index contributed by atoms with van der Waals surface area (Å²) >= 11 is 5.88. The van der Waals surface area contributed by atoms with Crippen LogP contribution >= 0.6 is 11.6 Å². The number of hydrogen-bond donors (Lipinski definition) is 1. The van der Waals surface area contributed by atoms with Gasteiger partial charge in [-0.1, -0.05) is 6.92 Å². The fourth-order valence-corrected chi connectivity index (χ4v) is 1.31. The van der Waals surface area contributed by atoms with Crippen LogP contribution in [-0.2, 0) is 0 Å². The molecule has 2 nitrogen and oxygen atoms in total. The SMILES string of the molecule is CCC(Cl)CNC(=O)c1ccc(F)c(C)c1. The monoisotopic (exact) mass is 243 g/mol. The number of rotatable bonds is 4. The first-order valence-corrected chi connectivity index (χ1v) is 5.66. The molecule has 0 aliphatic carbocycles. The molecule has 0 aliphatic rings. The molecule has 0 aromatic heterocycles. The summed E-state index contributed by atoms with van der Waals surface area (Å²) in [5.41, 5.74) is 0.921. The quantitative estimate of drug-likeness (QED) is 0.810. The lowest BCUT2D eigenvalue weighted by molar-refractivity contribution is 0.0953. The second-order valence-corrected chi connectivity index (χ2v) is 4.30. The molecular weight excluding hydrogens is 229 g/mol. The molecule has 1 unspecified atom stereocenters. The maximum absolute atomic E-state index is 13.0. The van der Waals surface area contributed by atoms with E-state index in [9.17, 15) is 9.18 Å². The van der Waals surface area contributed by atoms with Crippen LogP contribution in [0.1, 0.15) is 29.3 Å². The van der Waals surface area contributed by atoms with Crippen molar-refractivity contribution in [1.29, 1.82) is 0 Å². The molecule has 0 heterocycles. The summed E-state index contributed by atoms with van der Waals surface area (Å²) in [6.45, 7) is 4.00. The van der Waals surface area contributed by atoms with Gasteiger partial charge in [-0.2, -0.15) is 0 Å². The van der Waals surface area contributed by atoms with Crippen LogP contribution in [0.25, 0.3) is 0 Å². The van der Waals surface area contributed by atoms with Gasteiger partial charge in [0.15, 0.2) is 0 Å². The molecule has 0 aliphatic heterocycles. The minimum Gasteiger partial charge on any atom is -0.351 e. The number of alkyl halides is 1. The van der Waals surface area contributed by atoms with Crippen molar-refractivity contribution >= 4 is 17.5 Å². The molecule has 1 aromatic carbocycles. The maximum Gasteiger partial charge on any atom is 0.251 e. The summed E-state index contributed by atoms with van der Waals surface area (Å²) < 4.78 is 13.0. The third kappa shape index (κ3) is 3.49. The Morgan fingerprint density at radius 2 is 2.25 bits per heavy atom. The van der Waals surface area contributed by atoms with Gasteiger partial charge in [0.2, 0.25) is 0 Å². The van der Waals surface area contributed by atoms with Crippen molar-refractivity contribution in [2.75, 3.05) is 6.54 Å². The van der Waals surface area contributed by atoms with Gasteiger partial charge in [0.05, 0.1) is 5.38 Å². The zero-order chi connectivity index (χ0) is 12.1. The molecule has 0 bridgehead atoms. The lowest BCUT2D eigenvalue weighted by atomic mass is 10.1. The summed E-state index contributed by atoms with van der Waals surface area (Å²) in [6.07, 6.45) is 0.796. The molecule has 88 valence electrons. The van der Waals surface area contributed by atoms with Gasteiger partial charge in [0, 0.05) is 12.1 Å². The van der Waals surface area contributed by atoms with E-state index in [2.05, 4.69) is 5.32 Å². The van der Waals surface area contributed by atoms with Crippen LogP contribution in [0.2, 0.25) is 0 Å². The van der Waals surface area contributed by atoms with E-state index >= 15 is 0 Å². The number of nitrogens with one attached hydrogen (secondary N) is 1. The number of benzene rings is 1. The van der Waals surface area contributed by atoms with Crippen LogP contribution in [0.4, 0.5) is 4.39 Å². The van der Waals surface area contributed by atoms with E-state index in [-0.39, 0.29) is 17.1 Å². The largest absolute Gasteiger partial charge is 0.351 e. The minimum absolute atomic E-state index is 0.0644. The van der Waals surface area contributed by atoms with Crippen molar-refractivity contribution < 1.29 is 9.18 Å². The zero-order valence-electron chi connectivity index (χ0n) is 9.39. The Bertz CT molecular complexity index is 381. The van der Waals surface area contributed by atoms with Gasteiger partial charge >= 0.3 is 0 Å². The average Bonchev–Trinajstić information content (AvgIpc) is 2.29. The molecule has 1 N–H and O–H groups in total. The Kier molecular flexibility index (Phi) is 4.74. The highest BCUT2D eigenvalue weighted by atomic mass is 35.5. The number of halogens is 2. The number of carbonyl (C=O) groups excluding carboxylic acids is 1. The van der Waals surface area contributed by atoms with Crippen LogP contribution in [0.3, 0.4) is 0 Å². The molecule has 16 heavy (non-hydrogen) atoms. The Balaban J connectivity index is 2.63. The van der Waals surface area contributed by atoms with Gasteiger partial charge < -0.3 is 5.32 Å². The first kappa shape index (κ1) is 13.0. The third-order valence-electron chi connectivity index (χ3n) is 2.35. The summed E-state index contributed by atoms with van der Waals surface area (Å²) in [5, 5.41) is 2.64. The van der Waals surface area contributed by atoms with E-state index in [0.29, 0.717) is 17.7 Å². The second-order valence-electron chi connectivity index (χ2n) is 3.68. The van der Waals surface area contributed by atoms with Crippen molar-refractivity contribution in [3.05, 3.63) is 35.1 Å². The molecule has 1 amide bonds. The Labute approximate surface area is 99.8 Å². The zero-order valence-corrected chi connectivity index (χ0v) is 10.1. The molecular formula is C12H15ClFNO. The normalized spacial score (nSPS) is 12.2. The lowest BCUT2D eigenvalue weighted by Crippen LogP contribution is -2.29. The molecule has 1 atom stereocenters. The van der Waals surface area contributed by atoms with Gasteiger partial charge in [0.1, 0.15) is 5.82 Å². The molecule has 0 radical (unpaired) electrons. The van der Waals surface area contributed by atoms with E-state index < -0.39 is 0 Å². The van der Waals surface area contributed by atoms with E-state index in [0.717, 1.165) is 6.42 Å². The van der Waals surface area contributed by atoms with Gasteiger partial charge in [0.25, 0.3) is 5.91 Å². The van der Waals surface area contributed by atoms with Crippen molar-refractivity contribution in [2.45, 2.75) is 25.6 Å². The van der Waals surface area contributed by atoms with Crippen LogP contribution in [-0.4, -0.2) is 17.8 Å². The molecule has 0 fully saturated rings. The standard InChI is InChI=1S/C12H15ClFNO/c1-3-10(13)7-15-12(16)9-4-5-11(14)8(2)6-9/h4-6,10H,3,7H2,1-2H3,(H,15,16). The fourth-order valence-electron chi connectivity index (χ4n) is 1.24. The lowest BCUT2D eigenvalue weighted by Gasteiger charge is -2.09. The highest BCUT2D eigenvalue weighted by Gasteiger charge is 2.09. The topological polar surface area (TPSA) is 29.1 Å². The summed E-state index contributed by atoms with van der Waals surface area (Å²) in [6, 6.07) is 4.29. The van der Waals surface area contributed by atoms with Gasteiger partial charge in [-0.3, -0.25) is 4.79 Å². The minimum atomic E-state index is -0.305. The highest BCUT2D eigenvalue weighted by Crippen LogP contribution is 2.09. The van der Waals surface area contributed by atoms with Gasteiger partial charge in [-0.25, -0.2) is 4.39 Å². The molecule has 4 heteroatoms. The molecule has 0 saturated carbocycles. The van der Waals surface area contributed by atoms with E-state index in [1.54, 1.807) is 6.92 Å². The fraction of sp³-hybridized carbons (Fsp3) is 0.417. The number of carbonyl (C=O) groups is 1. The van der Waals surface area contributed by atoms with Crippen molar-refractivity contribution in [2.24, 2.45) is 0 Å². The Hall–Kier alpha value is -1.09.